The summed E-state index contributed by atoms with van der Waals surface area (Å²) >= 11 is 0. The molecule has 0 aliphatic carbocycles. The highest BCUT2D eigenvalue weighted by Crippen LogP contribution is 2.30. The zero-order valence-electron chi connectivity index (χ0n) is 16.2. The monoisotopic (exact) mass is 416 g/mol. The lowest BCUT2D eigenvalue weighted by Crippen LogP contribution is -2.49. The van der Waals surface area contributed by atoms with Crippen LogP contribution in [0.4, 0.5) is 19.0 Å². The maximum Gasteiger partial charge on any atom is 0.417 e. The predicted octanol–water partition coefficient (Wildman–Crippen LogP) is 4.03. The van der Waals surface area contributed by atoms with Crippen LogP contribution in [0.15, 0.2) is 53.2 Å². The van der Waals surface area contributed by atoms with E-state index in [1.165, 1.54) is 6.07 Å². The average Bonchev–Trinajstić information content (AvgIpc) is 3.15. The van der Waals surface area contributed by atoms with Gasteiger partial charge in [0, 0.05) is 37.9 Å². The summed E-state index contributed by atoms with van der Waals surface area (Å²) in [5.74, 6) is 0.736. The average molecular weight is 416 g/mol. The minimum absolute atomic E-state index is 0.173. The highest BCUT2D eigenvalue weighted by Gasteiger charge is 2.32. The Morgan fingerprint density at radius 1 is 1.03 bits per heavy atom. The van der Waals surface area contributed by atoms with E-state index in [1.807, 2.05) is 35.2 Å². The Morgan fingerprint density at radius 3 is 2.33 bits per heavy atom. The lowest BCUT2D eigenvalue weighted by molar-refractivity contribution is -0.137. The number of alkyl halides is 3. The highest BCUT2D eigenvalue weighted by atomic mass is 19.4. The molecule has 0 N–H and O–H groups in total. The van der Waals surface area contributed by atoms with Gasteiger partial charge in [-0.05, 0) is 19.1 Å². The number of halogens is 3. The van der Waals surface area contributed by atoms with Crippen LogP contribution in [-0.4, -0.2) is 47.1 Å². The molecule has 3 heterocycles. The van der Waals surface area contributed by atoms with Crippen molar-refractivity contribution in [2.24, 2.45) is 0 Å². The zero-order valence-corrected chi connectivity index (χ0v) is 16.2. The van der Waals surface area contributed by atoms with E-state index in [0.717, 1.165) is 17.8 Å². The molecule has 4 rings (SSSR count). The second-order valence-corrected chi connectivity index (χ2v) is 7.01. The molecule has 1 aromatic carbocycles. The standard InChI is InChI=1S/C21H19F3N4O2/c1-14-18(19(26-30-14)15-5-3-2-4-6-15)20(29)28-11-9-27(10-12-28)17-8-7-16(13-25-17)21(22,23)24/h2-8,13H,9-12H2,1H3. The van der Waals surface area contributed by atoms with Gasteiger partial charge in [0.15, 0.2) is 0 Å². The maximum atomic E-state index is 13.1. The van der Waals surface area contributed by atoms with Crippen LogP contribution in [0.2, 0.25) is 0 Å². The van der Waals surface area contributed by atoms with Crippen molar-refractivity contribution in [1.29, 1.82) is 0 Å². The number of carbonyl (C=O) groups excluding carboxylic acids is 1. The van der Waals surface area contributed by atoms with Crippen molar-refractivity contribution in [3.63, 3.8) is 0 Å². The quantitative estimate of drug-likeness (QED) is 0.645. The molecular weight excluding hydrogens is 397 g/mol. The molecule has 1 amide bonds. The molecule has 30 heavy (non-hydrogen) atoms. The summed E-state index contributed by atoms with van der Waals surface area (Å²) in [5.41, 5.74) is 0.953. The Morgan fingerprint density at radius 2 is 1.73 bits per heavy atom. The Labute approximate surface area is 170 Å². The van der Waals surface area contributed by atoms with Crippen LogP contribution >= 0.6 is 0 Å². The molecular formula is C21H19F3N4O2. The normalized spacial score (nSPS) is 14.8. The number of amides is 1. The van der Waals surface area contributed by atoms with E-state index < -0.39 is 11.7 Å². The van der Waals surface area contributed by atoms with E-state index in [9.17, 15) is 18.0 Å². The number of aryl methyl sites for hydroxylation is 1. The fraction of sp³-hybridized carbons (Fsp3) is 0.286. The number of nitrogens with zero attached hydrogens (tertiary/aromatic N) is 4. The maximum absolute atomic E-state index is 13.1. The first kappa shape index (κ1) is 19.9. The summed E-state index contributed by atoms with van der Waals surface area (Å²) in [6.07, 6.45) is -3.58. The summed E-state index contributed by atoms with van der Waals surface area (Å²) in [7, 11) is 0. The molecule has 0 unspecified atom stereocenters. The predicted molar refractivity (Wildman–Crippen MR) is 104 cm³/mol. The number of carbonyl (C=O) groups is 1. The largest absolute Gasteiger partial charge is 0.417 e. The van der Waals surface area contributed by atoms with Crippen molar-refractivity contribution < 1.29 is 22.5 Å². The molecule has 9 heteroatoms. The van der Waals surface area contributed by atoms with Crippen LogP contribution in [0.1, 0.15) is 21.7 Å². The molecule has 1 fully saturated rings. The molecule has 0 saturated carbocycles. The third-order valence-corrected chi connectivity index (χ3v) is 5.09. The van der Waals surface area contributed by atoms with Crippen molar-refractivity contribution in [3.8, 4) is 11.3 Å². The van der Waals surface area contributed by atoms with Crippen LogP contribution in [0, 0.1) is 6.92 Å². The summed E-state index contributed by atoms with van der Waals surface area (Å²) in [5, 5.41) is 4.06. The van der Waals surface area contributed by atoms with E-state index in [1.54, 1.807) is 11.8 Å². The Bertz CT molecular complexity index is 1020. The number of rotatable bonds is 3. The number of benzene rings is 1. The molecule has 0 radical (unpaired) electrons. The van der Waals surface area contributed by atoms with Gasteiger partial charge in [-0.3, -0.25) is 4.79 Å². The number of hydrogen-bond acceptors (Lipinski definition) is 5. The summed E-state index contributed by atoms with van der Waals surface area (Å²) in [4.78, 5) is 20.6. The van der Waals surface area contributed by atoms with Crippen molar-refractivity contribution in [3.05, 3.63) is 65.5 Å². The number of hydrogen-bond donors (Lipinski definition) is 0. The second-order valence-electron chi connectivity index (χ2n) is 7.01. The van der Waals surface area contributed by atoms with E-state index >= 15 is 0 Å². The van der Waals surface area contributed by atoms with Gasteiger partial charge in [0.05, 0.1) is 5.56 Å². The molecule has 6 nitrogen and oxygen atoms in total. The SMILES string of the molecule is Cc1onc(-c2ccccc2)c1C(=O)N1CCN(c2ccc(C(F)(F)F)cn2)CC1. The molecule has 1 saturated heterocycles. The number of anilines is 1. The van der Waals surface area contributed by atoms with Crippen molar-refractivity contribution in [2.75, 3.05) is 31.1 Å². The first-order chi connectivity index (χ1) is 14.3. The van der Waals surface area contributed by atoms with Gasteiger partial charge in [0.2, 0.25) is 0 Å². The van der Waals surface area contributed by atoms with E-state index in [4.69, 9.17) is 4.52 Å². The lowest BCUT2D eigenvalue weighted by Gasteiger charge is -2.35. The van der Waals surface area contributed by atoms with Crippen LogP contribution < -0.4 is 4.90 Å². The molecule has 0 spiro atoms. The molecule has 0 atom stereocenters. The number of piperazine rings is 1. The van der Waals surface area contributed by atoms with Crippen molar-refractivity contribution in [2.45, 2.75) is 13.1 Å². The van der Waals surface area contributed by atoms with Crippen LogP contribution in [-0.2, 0) is 6.18 Å². The van der Waals surface area contributed by atoms with Gasteiger partial charge in [-0.2, -0.15) is 13.2 Å². The van der Waals surface area contributed by atoms with Crippen molar-refractivity contribution in [1.82, 2.24) is 15.0 Å². The fourth-order valence-corrected chi connectivity index (χ4v) is 3.45. The van der Waals surface area contributed by atoms with E-state index in [0.29, 0.717) is 49.0 Å². The van der Waals surface area contributed by atoms with Gasteiger partial charge >= 0.3 is 6.18 Å². The minimum atomic E-state index is -4.41. The summed E-state index contributed by atoms with van der Waals surface area (Å²) in [6, 6.07) is 11.7. The second kappa shape index (κ2) is 7.81. The Hall–Kier alpha value is -3.36. The molecule has 3 aromatic rings. The Balaban J connectivity index is 1.46. The molecule has 0 bridgehead atoms. The number of aromatic nitrogens is 2. The zero-order chi connectivity index (χ0) is 21.3. The third-order valence-electron chi connectivity index (χ3n) is 5.09. The van der Waals surface area contributed by atoms with Crippen LogP contribution in [0.25, 0.3) is 11.3 Å². The van der Waals surface area contributed by atoms with E-state index in [-0.39, 0.29) is 5.91 Å². The fourth-order valence-electron chi connectivity index (χ4n) is 3.45. The Kier molecular flexibility index (Phi) is 5.19. The van der Waals surface area contributed by atoms with Gasteiger partial charge in [0.25, 0.3) is 5.91 Å². The van der Waals surface area contributed by atoms with Crippen molar-refractivity contribution >= 4 is 11.7 Å². The first-order valence-electron chi connectivity index (χ1n) is 9.44. The van der Waals surface area contributed by atoms with Gasteiger partial charge in [-0.25, -0.2) is 4.98 Å². The number of pyridine rings is 1. The summed E-state index contributed by atoms with van der Waals surface area (Å²) in [6.45, 7) is 3.47. The topological polar surface area (TPSA) is 62.5 Å². The highest BCUT2D eigenvalue weighted by molar-refractivity contribution is 6.00. The summed E-state index contributed by atoms with van der Waals surface area (Å²) < 4.78 is 43.4. The third kappa shape index (κ3) is 3.87. The molecule has 1 aliphatic heterocycles. The smallest absolute Gasteiger partial charge is 0.360 e. The van der Waals surface area contributed by atoms with Gasteiger partial charge in [-0.1, -0.05) is 35.5 Å². The van der Waals surface area contributed by atoms with Gasteiger partial charge < -0.3 is 14.3 Å². The van der Waals surface area contributed by atoms with Gasteiger partial charge in [0.1, 0.15) is 22.8 Å². The van der Waals surface area contributed by atoms with Crippen LogP contribution in [0.5, 0.6) is 0 Å². The molecule has 1 aliphatic rings. The molecule has 156 valence electrons. The lowest BCUT2D eigenvalue weighted by atomic mass is 10.0. The first-order valence-corrected chi connectivity index (χ1v) is 9.44. The van der Waals surface area contributed by atoms with E-state index in [2.05, 4.69) is 10.1 Å². The molecule has 2 aromatic heterocycles. The van der Waals surface area contributed by atoms with Gasteiger partial charge in [-0.15, -0.1) is 0 Å². The van der Waals surface area contributed by atoms with Crippen LogP contribution in [0.3, 0.4) is 0 Å². The minimum Gasteiger partial charge on any atom is -0.360 e.